The summed E-state index contributed by atoms with van der Waals surface area (Å²) in [5, 5.41) is 13.4. The SMILES string of the molecule is CCC(C)CCc1cc(S(N)(=O)=O)cs1.CCC(CCc1cc(S(N)(=O)=O)cs1)c1ccccc1. The average Bonchev–Trinajstić information content (AvgIpc) is 3.49. The Balaban J connectivity index is 0.000000258. The second kappa shape index (κ2) is 13.7. The zero-order chi connectivity index (χ0) is 26.1. The zero-order valence-electron chi connectivity index (χ0n) is 20.5. The summed E-state index contributed by atoms with van der Waals surface area (Å²) < 4.78 is 44.5. The first-order valence-electron chi connectivity index (χ1n) is 11.7. The largest absolute Gasteiger partial charge is 0.238 e. The van der Waals surface area contributed by atoms with Crippen LogP contribution in [0.5, 0.6) is 0 Å². The molecule has 2 unspecified atom stereocenters. The van der Waals surface area contributed by atoms with Crippen LogP contribution in [-0.4, -0.2) is 16.8 Å². The summed E-state index contributed by atoms with van der Waals surface area (Å²) in [4.78, 5) is 2.64. The van der Waals surface area contributed by atoms with Crippen molar-refractivity contribution in [3.63, 3.8) is 0 Å². The highest BCUT2D eigenvalue weighted by atomic mass is 32.2. The van der Waals surface area contributed by atoms with Gasteiger partial charge in [0.1, 0.15) is 0 Å². The summed E-state index contributed by atoms with van der Waals surface area (Å²) in [5.41, 5.74) is 1.35. The van der Waals surface area contributed by atoms with Crippen LogP contribution < -0.4 is 10.3 Å². The lowest BCUT2D eigenvalue weighted by Gasteiger charge is -2.14. The average molecular weight is 557 g/mol. The molecule has 35 heavy (non-hydrogen) atoms. The molecule has 1 aromatic carbocycles. The van der Waals surface area contributed by atoms with E-state index in [1.807, 2.05) is 6.07 Å². The first-order chi connectivity index (χ1) is 16.4. The van der Waals surface area contributed by atoms with Crippen molar-refractivity contribution in [2.24, 2.45) is 16.2 Å². The summed E-state index contributed by atoms with van der Waals surface area (Å²) in [5.74, 6) is 1.20. The molecule has 0 aliphatic carbocycles. The molecule has 0 amide bonds. The number of aryl methyl sites for hydroxylation is 2. The number of rotatable bonds is 11. The highest BCUT2D eigenvalue weighted by molar-refractivity contribution is 7.89. The predicted molar refractivity (Wildman–Crippen MR) is 147 cm³/mol. The maximum atomic E-state index is 11.2. The smallest absolute Gasteiger partial charge is 0.225 e. The molecule has 0 aliphatic heterocycles. The fraction of sp³-hybridized carbons (Fsp3) is 0.440. The van der Waals surface area contributed by atoms with Crippen LogP contribution in [0, 0.1) is 5.92 Å². The van der Waals surface area contributed by atoms with Crippen LogP contribution in [0.3, 0.4) is 0 Å². The molecular formula is C25H36N2O4S4. The number of nitrogens with two attached hydrogens (primary N) is 2. The standard InChI is InChI=1S/C15H19NO2S2.C10H17NO2S2/c1-2-12(13-6-4-3-5-7-13)8-9-14-10-15(11-19-14)20(16,17)18;1-3-8(2)4-5-9-6-10(7-14-9)15(11,12)13/h3-7,10-12H,2,8-9H2,1H3,(H2,16,17,18);6-8H,3-5H2,1-2H3,(H2,11,12,13). The first-order valence-corrected chi connectivity index (χ1v) is 16.5. The van der Waals surface area contributed by atoms with Gasteiger partial charge in [-0.05, 0) is 61.6 Å². The fourth-order valence-corrected chi connectivity index (χ4v) is 7.18. The van der Waals surface area contributed by atoms with E-state index in [0.717, 1.165) is 48.3 Å². The molecule has 0 saturated carbocycles. The molecule has 4 N–H and O–H groups in total. The van der Waals surface area contributed by atoms with Gasteiger partial charge in [0, 0.05) is 20.5 Å². The van der Waals surface area contributed by atoms with Crippen LogP contribution in [0.4, 0.5) is 0 Å². The van der Waals surface area contributed by atoms with Crippen molar-refractivity contribution in [2.75, 3.05) is 0 Å². The molecule has 3 rings (SSSR count). The minimum atomic E-state index is -3.57. The van der Waals surface area contributed by atoms with Crippen LogP contribution in [0.15, 0.2) is 63.0 Å². The number of thiophene rings is 2. The molecule has 0 bridgehead atoms. The molecule has 194 valence electrons. The molecule has 3 aromatic rings. The second-order valence-electron chi connectivity index (χ2n) is 8.69. The van der Waals surface area contributed by atoms with Gasteiger partial charge in [-0.2, -0.15) is 0 Å². The molecule has 0 saturated heterocycles. The number of sulfonamides is 2. The molecule has 0 aliphatic rings. The van der Waals surface area contributed by atoms with E-state index in [0.29, 0.717) is 11.8 Å². The topological polar surface area (TPSA) is 120 Å². The van der Waals surface area contributed by atoms with E-state index in [1.54, 1.807) is 22.9 Å². The molecule has 0 spiro atoms. The van der Waals surface area contributed by atoms with Gasteiger partial charge in [0.25, 0.3) is 0 Å². The van der Waals surface area contributed by atoms with E-state index >= 15 is 0 Å². The highest BCUT2D eigenvalue weighted by Gasteiger charge is 2.14. The van der Waals surface area contributed by atoms with E-state index < -0.39 is 20.0 Å². The maximum Gasteiger partial charge on any atom is 0.238 e. The van der Waals surface area contributed by atoms with Gasteiger partial charge >= 0.3 is 0 Å². The van der Waals surface area contributed by atoms with Gasteiger partial charge < -0.3 is 0 Å². The Labute approximate surface area is 218 Å². The van der Waals surface area contributed by atoms with Crippen LogP contribution >= 0.6 is 22.7 Å². The number of benzene rings is 1. The Bertz CT molecular complexity index is 1250. The van der Waals surface area contributed by atoms with Crippen LogP contribution in [-0.2, 0) is 32.9 Å². The summed E-state index contributed by atoms with van der Waals surface area (Å²) in [6, 6.07) is 13.8. The van der Waals surface area contributed by atoms with Crippen molar-refractivity contribution in [3.05, 3.63) is 68.5 Å². The van der Waals surface area contributed by atoms with Crippen molar-refractivity contribution >= 4 is 42.7 Å². The first kappa shape index (κ1) is 29.7. The summed E-state index contributed by atoms with van der Waals surface area (Å²) in [7, 11) is -7.08. The van der Waals surface area contributed by atoms with Gasteiger partial charge in [0.15, 0.2) is 0 Å². The van der Waals surface area contributed by atoms with E-state index in [-0.39, 0.29) is 9.79 Å². The zero-order valence-corrected chi connectivity index (χ0v) is 23.8. The van der Waals surface area contributed by atoms with E-state index in [4.69, 9.17) is 10.3 Å². The monoisotopic (exact) mass is 556 g/mol. The minimum absolute atomic E-state index is 0.227. The Morgan fingerprint density at radius 3 is 1.66 bits per heavy atom. The highest BCUT2D eigenvalue weighted by Crippen LogP contribution is 2.27. The second-order valence-corrected chi connectivity index (χ2v) is 13.8. The van der Waals surface area contributed by atoms with Gasteiger partial charge in [-0.15, -0.1) is 22.7 Å². The quantitative estimate of drug-likeness (QED) is 0.306. The maximum absolute atomic E-state index is 11.2. The Hall–Kier alpha value is -1.56. The third kappa shape index (κ3) is 10.1. The van der Waals surface area contributed by atoms with Gasteiger partial charge in [0.05, 0.1) is 9.79 Å². The van der Waals surface area contributed by atoms with Crippen molar-refractivity contribution in [1.29, 1.82) is 0 Å². The van der Waals surface area contributed by atoms with Crippen LogP contribution in [0.1, 0.15) is 67.7 Å². The predicted octanol–water partition coefficient (Wildman–Crippen LogP) is 5.90. The molecular weight excluding hydrogens is 521 g/mol. The molecule has 0 radical (unpaired) electrons. The van der Waals surface area contributed by atoms with Crippen molar-refractivity contribution in [1.82, 2.24) is 0 Å². The third-order valence-electron chi connectivity index (χ3n) is 6.00. The lowest BCUT2D eigenvalue weighted by Crippen LogP contribution is -2.10. The Morgan fingerprint density at radius 1 is 0.771 bits per heavy atom. The molecule has 2 aromatic heterocycles. The molecule has 2 atom stereocenters. The van der Waals surface area contributed by atoms with Crippen molar-refractivity contribution in [3.8, 4) is 0 Å². The minimum Gasteiger partial charge on any atom is -0.225 e. The Kier molecular flexibility index (Phi) is 11.6. The van der Waals surface area contributed by atoms with Gasteiger partial charge in [-0.3, -0.25) is 0 Å². The number of hydrogen-bond acceptors (Lipinski definition) is 6. The van der Waals surface area contributed by atoms with Gasteiger partial charge in [-0.1, -0.05) is 57.5 Å². The molecule has 6 nitrogen and oxygen atoms in total. The van der Waals surface area contributed by atoms with Crippen LogP contribution in [0.25, 0.3) is 0 Å². The summed E-state index contributed by atoms with van der Waals surface area (Å²) >= 11 is 2.93. The van der Waals surface area contributed by atoms with Crippen molar-refractivity contribution in [2.45, 2.75) is 75.0 Å². The fourth-order valence-electron chi connectivity index (χ4n) is 3.52. The van der Waals surface area contributed by atoms with Gasteiger partial charge in [0.2, 0.25) is 20.0 Å². The number of hydrogen-bond donors (Lipinski definition) is 2. The Morgan fingerprint density at radius 2 is 1.26 bits per heavy atom. The molecule has 10 heteroatoms. The molecule has 0 fully saturated rings. The third-order valence-corrected chi connectivity index (χ3v) is 10.1. The van der Waals surface area contributed by atoms with E-state index in [1.165, 1.54) is 28.2 Å². The normalized spacial score (nSPS) is 13.6. The van der Waals surface area contributed by atoms with E-state index in [2.05, 4.69) is 45.0 Å². The number of primary sulfonamides is 2. The lowest BCUT2D eigenvalue weighted by atomic mass is 9.92. The van der Waals surface area contributed by atoms with E-state index in [9.17, 15) is 16.8 Å². The summed E-state index contributed by atoms with van der Waals surface area (Å²) in [6.07, 6.45) is 6.18. The lowest BCUT2D eigenvalue weighted by molar-refractivity contribution is 0.518. The van der Waals surface area contributed by atoms with Crippen LogP contribution in [0.2, 0.25) is 0 Å². The molecule has 2 heterocycles. The van der Waals surface area contributed by atoms with Gasteiger partial charge in [-0.25, -0.2) is 27.1 Å². The summed E-state index contributed by atoms with van der Waals surface area (Å²) in [6.45, 7) is 6.55. The van der Waals surface area contributed by atoms with Crippen molar-refractivity contribution < 1.29 is 16.8 Å².